The standard InChI is InChI=1S/C4H3NO2.C4H8O2/c6-3-1-2-4(7)5-3;1-3-4(5)6-2/h1-2H,(H,5,6,7);3H2,1-2H3. The molecule has 1 rings (SSSR count). The lowest BCUT2D eigenvalue weighted by molar-refractivity contribution is -0.140. The summed E-state index contributed by atoms with van der Waals surface area (Å²) in [5.41, 5.74) is 0. The summed E-state index contributed by atoms with van der Waals surface area (Å²) in [6, 6.07) is 0. The van der Waals surface area contributed by atoms with Crippen LogP contribution in [0, 0.1) is 0 Å². The fourth-order valence-corrected chi connectivity index (χ4v) is 0.500. The lowest BCUT2D eigenvalue weighted by Crippen LogP contribution is -2.19. The summed E-state index contributed by atoms with van der Waals surface area (Å²) in [4.78, 5) is 30.0. The Kier molecular flexibility index (Phi) is 5.18. The van der Waals surface area contributed by atoms with E-state index in [4.69, 9.17) is 0 Å². The molecule has 72 valence electrons. The number of methoxy groups -OCH3 is 1. The predicted octanol–water partition coefficient (Wildman–Crippen LogP) is -0.232. The molecule has 1 heterocycles. The summed E-state index contributed by atoms with van der Waals surface area (Å²) in [7, 11) is 1.38. The highest BCUT2D eigenvalue weighted by molar-refractivity contribution is 6.12. The predicted molar refractivity (Wildman–Crippen MR) is 44.6 cm³/mol. The van der Waals surface area contributed by atoms with Gasteiger partial charge in [-0.2, -0.15) is 0 Å². The molecule has 13 heavy (non-hydrogen) atoms. The van der Waals surface area contributed by atoms with Crippen LogP contribution in [-0.4, -0.2) is 24.9 Å². The number of nitrogens with one attached hydrogen (secondary N) is 1. The molecule has 0 aromatic heterocycles. The van der Waals surface area contributed by atoms with Gasteiger partial charge in [-0.25, -0.2) is 0 Å². The fraction of sp³-hybridized carbons (Fsp3) is 0.375. The maximum atomic E-state index is 10.0. The van der Waals surface area contributed by atoms with E-state index >= 15 is 0 Å². The molecule has 0 aromatic carbocycles. The molecular formula is C8H11NO4. The maximum Gasteiger partial charge on any atom is 0.305 e. The van der Waals surface area contributed by atoms with Gasteiger partial charge in [0.15, 0.2) is 0 Å². The van der Waals surface area contributed by atoms with Crippen molar-refractivity contribution in [2.75, 3.05) is 7.11 Å². The third-order valence-electron chi connectivity index (χ3n) is 1.15. The first-order valence-corrected chi connectivity index (χ1v) is 3.70. The van der Waals surface area contributed by atoms with Crippen molar-refractivity contribution >= 4 is 17.8 Å². The average Bonchev–Trinajstić information content (AvgIpc) is 2.49. The summed E-state index contributed by atoms with van der Waals surface area (Å²) < 4.78 is 4.26. The third-order valence-corrected chi connectivity index (χ3v) is 1.15. The Balaban J connectivity index is 0.000000226. The van der Waals surface area contributed by atoms with Gasteiger partial charge in [0.2, 0.25) is 0 Å². The summed E-state index contributed by atoms with van der Waals surface area (Å²) >= 11 is 0. The Hall–Kier alpha value is -1.65. The zero-order valence-corrected chi connectivity index (χ0v) is 7.49. The molecule has 0 saturated heterocycles. The summed E-state index contributed by atoms with van der Waals surface area (Å²) in [6.45, 7) is 1.76. The second-order valence-electron chi connectivity index (χ2n) is 2.12. The minimum Gasteiger partial charge on any atom is -0.469 e. The second-order valence-corrected chi connectivity index (χ2v) is 2.12. The largest absolute Gasteiger partial charge is 0.469 e. The zero-order chi connectivity index (χ0) is 10.3. The highest BCUT2D eigenvalue weighted by Gasteiger charge is 2.06. The van der Waals surface area contributed by atoms with Crippen molar-refractivity contribution in [1.82, 2.24) is 5.32 Å². The van der Waals surface area contributed by atoms with E-state index in [0.717, 1.165) is 0 Å². The lowest BCUT2D eigenvalue weighted by atomic mass is 10.5. The fourth-order valence-electron chi connectivity index (χ4n) is 0.500. The first-order valence-electron chi connectivity index (χ1n) is 3.70. The second kappa shape index (κ2) is 5.93. The molecule has 1 aliphatic rings. The van der Waals surface area contributed by atoms with Gasteiger partial charge in [0.25, 0.3) is 11.8 Å². The molecule has 0 unspecified atom stereocenters. The topological polar surface area (TPSA) is 72.5 Å². The van der Waals surface area contributed by atoms with Crippen molar-refractivity contribution in [2.45, 2.75) is 13.3 Å². The number of imide groups is 1. The molecular weight excluding hydrogens is 174 g/mol. The average molecular weight is 185 g/mol. The first kappa shape index (κ1) is 11.4. The molecule has 5 heteroatoms. The van der Waals surface area contributed by atoms with Crippen molar-refractivity contribution in [3.05, 3.63) is 12.2 Å². The van der Waals surface area contributed by atoms with Gasteiger partial charge >= 0.3 is 5.97 Å². The van der Waals surface area contributed by atoms with Gasteiger partial charge in [0.05, 0.1) is 7.11 Å². The van der Waals surface area contributed by atoms with Crippen LogP contribution in [-0.2, 0) is 19.1 Å². The smallest absolute Gasteiger partial charge is 0.305 e. The minimum atomic E-state index is -0.329. The number of esters is 1. The van der Waals surface area contributed by atoms with E-state index in [0.29, 0.717) is 6.42 Å². The van der Waals surface area contributed by atoms with Crippen molar-refractivity contribution < 1.29 is 19.1 Å². The molecule has 0 atom stereocenters. The molecule has 2 amide bonds. The Morgan fingerprint density at radius 3 is 1.92 bits per heavy atom. The first-order chi connectivity index (χ1) is 6.10. The summed E-state index contributed by atoms with van der Waals surface area (Å²) in [5.74, 6) is -0.815. The van der Waals surface area contributed by atoms with Crippen molar-refractivity contribution in [2.24, 2.45) is 0 Å². The number of carbonyl (C=O) groups excluding carboxylic acids is 3. The SMILES string of the molecule is CCC(=O)OC.O=C1C=CC(=O)N1. The Morgan fingerprint density at radius 2 is 1.85 bits per heavy atom. The van der Waals surface area contributed by atoms with E-state index in [1.54, 1.807) is 6.92 Å². The number of rotatable bonds is 1. The summed E-state index contributed by atoms with van der Waals surface area (Å²) in [5, 5.41) is 2.03. The van der Waals surface area contributed by atoms with Gasteiger partial charge in [-0.1, -0.05) is 6.92 Å². The van der Waals surface area contributed by atoms with Crippen LogP contribution in [0.3, 0.4) is 0 Å². The van der Waals surface area contributed by atoms with Gasteiger partial charge in [0, 0.05) is 18.6 Å². The van der Waals surface area contributed by atoms with Crippen molar-refractivity contribution in [3.8, 4) is 0 Å². The van der Waals surface area contributed by atoms with Crippen LogP contribution < -0.4 is 5.32 Å². The molecule has 1 N–H and O–H groups in total. The Labute approximate surface area is 75.8 Å². The van der Waals surface area contributed by atoms with E-state index in [1.807, 2.05) is 5.32 Å². The highest BCUT2D eigenvalue weighted by atomic mass is 16.5. The molecule has 0 aliphatic carbocycles. The van der Waals surface area contributed by atoms with Crippen LogP contribution in [0.2, 0.25) is 0 Å². The van der Waals surface area contributed by atoms with E-state index in [-0.39, 0.29) is 17.8 Å². The van der Waals surface area contributed by atoms with Crippen LogP contribution in [0.4, 0.5) is 0 Å². The van der Waals surface area contributed by atoms with Crippen molar-refractivity contribution in [3.63, 3.8) is 0 Å². The number of hydrogen-bond acceptors (Lipinski definition) is 4. The number of amides is 2. The molecule has 0 radical (unpaired) electrons. The quantitative estimate of drug-likeness (QED) is 0.452. The number of ether oxygens (including phenoxy) is 1. The van der Waals surface area contributed by atoms with Crippen LogP contribution in [0.25, 0.3) is 0 Å². The Bertz CT molecular complexity index is 223. The lowest BCUT2D eigenvalue weighted by Gasteiger charge is -1.87. The Morgan fingerprint density at radius 1 is 1.38 bits per heavy atom. The number of hydrogen-bond donors (Lipinski definition) is 1. The van der Waals surface area contributed by atoms with E-state index in [9.17, 15) is 14.4 Å². The molecule has 0 saturated carbocycles. The van der Waals surface area contributed by atoms with Crippen LogP contribution >= 0.6 is 0 Å². The molecule has 1 aliphatic heterocycles. The maximum absolute atomic E-state index is 10.0. The van der Waals surface area contributed by atoms with Gasteiger partial charge in [0.1, 0.15) is 0 Å². The normalized spacial score (nSPS) is 13.1. The zero-order valence-electron chi connectivity index (χ0n) is 7.49. The van der Waals surface area contributed by atoms with Gasteiger partial charge in [-0.05, 0) is 0 Å². The molecule has 0 spiro atoms. The molecule has 0 aromatic rings. The minimum absolute atomic E-state index is 0.157. The van der Waals surface area contributed by atoms with Crippen LogP contribution in [0.5, 0.6) is 0 Å². The van der Waals surface area contributed by atoms with Gasteiger partial charge in [-0.3, -0.25) is 19.7 Å². The van der Waals surface area contributed by atoms with Gasteiger partial charge < -0.3 is 4.74 Å². The molecule has 0 bridgehead atoms. The summed E-state index contributed by atoms with van der Waals surface area (Å²) in [6.07, 6.45) is 2.86. The molecule has 0 fully saturated rings. The number of carbonyl (C=O) groups is 3. The van der Waals surface area contributed by atoms with Crippen molar-refractivity contribution in [1.29, 1.82) is 0 Å². The molecule has 5 nitrogen and oxygen atoms in total. The van der Waals surface area contributed by atoms with E-state index in [1.165, 1.54) is 19.3 Å². The monoisotopic (exact) mass is 185 g/mol. The van der Waals surface area contributed by atoms with Gasteiger partial charge in [-0.15, -0.1) is 0 Å². The third kappa shape index (κ3) is 5.60. The van der Waals surface area contributed by atoms with Crippen LogP contribution in [0.1, 0.15) is 13.3 Å². The van der Waals surface area contributed by atoms with E-state index < -0.39 is 0 Å². The van der Waals surface area contributed by atoms with Crippen LogP contribution in [0.15, 0.2) is 12.2 Å². The van der Waals surface area contributed by atoms with E-state index in [2.05, 4.69) is 4.74 Å². The highest BCUT2D eigenvalue weighted by Crippen LogP contribution is 1.82.